The maximum Gasteiger partial charge on any atom is 0.203 e. The molecule has 3 rings (SSSR count). The van der Waals surface area contributed by atoms with E-state index >= 15 is 0 Å². The average Bonchev–Trinajstić information content (AvgIpc) is 3.01. The highest BCUT2D eigenvalue weighted by atomic mass is 16.5. The summed E-state index contributed by atoms with van der Waals surface area (Å²) in [7, 11) is 5.00. The first-order chi connectivity index (χ1) is 11.2. The maximum absolute atomic E-state index is 5.63. The predicted octanol–water partition coefficient (Wildman–Crippen LogP) is 2.38. The number of rotatable bonds is 5. The first-order valence-electron chi connectivity index (χ1n) is 8.43. The SMILES string of the molecule is COc1ccc(CN2C[C@H]3CCCN3C[C@@H]2C)c(OC)c1OC. The van der Waals surface area contributed by atoms with Gasteiger partial charge in [0, 0.05) is 37.3 Å². The molecule has 23 heavy (non-hydrogen) atoms. The second-order valence-corrected chi connectivity index (χ2v) is 6.56. The van der Waals surface area contributed by atoms with Crippen molar-refractivity contribution in [3.8, 4) is 17.2 Å². The lowest BCUT2D eigenvalue weighted by molar-refractivity contribution is 0.0534. The van der Waals surface area contributed by atoms with Gasteiger partial charge in [-0.1, -0.05) is 6.07 Å². The van der Waals surface area contributed by atoms with E-state index in [0.717, 1.165) is 30.4 Å². The van der Waals surface area contributed by atoms with Crippen LogP contribution in [-0.2, 0) is 6.54 Å². The molecule has 0 aromatic heterocycles. The number of fused-ring (bicyclic) bond motifs is 1. The fourth-order valence-electron chi connectivity index (χ4n) is 3.97. The van der Waals surface area contributed by atoms with Gasteiger partial charge in [0.1, 0.15) is 0 Å². The minimum Gasteiger partial charge on any atom is -0.493 e. The standard InChI is InChI=1S/C18H28N2O3/c1-13-10-19-9-5-6-15(19)12-20(13)11-14-7-8-16(21-2)18(23-4)17(14)22-3/h7-8,13,15H,5-6,9-12H2,1-4H3/t13-,15+/m0/s1. The molecule has 0 N–H and O–H groups in total. The Hall–Kier alpha value is -1.46. The maximum atomic E-state index is 5.63. The van der Waals surface area contributed by atoms with Crippen LogP contribution in [0, 0.1) is 0 Å². The van der Waals surface area contributed by atoms with E-state index in [9.17, 15) is 0 Å². The van der Waals surface area contributed by atoms with Crippen molar-refractivity contribution in [2.45, 2.75) is 38.4 Å². The summed E-state index contributed by atoms with van der Waals surface area (Å²) >= 11 is 0. The summed E-state index contributed by atoms with van der Waals surface area (Å²) in [6, 6.07) is 5.33. The van der Waals surface area contributed by atoms with Crippen LogP contribution in [-0.4, -0.2) is 62.8 Å². The Morgan fingerprint density at radius 3 is 2.52 bits per heavy atom. The van der Waals surface area contributed by atoms with Crippen LogP contribution < -0.4 is 14.2 Å². The van der Waals surface area contributed by atoms with Crippen molar-refractivity contribution in [2.75, 3.05) is 41.0 Å². The minimum atomic E-state index is 0.558. The molecule has 5 nitrogen and oxygen atoms in total. The highest BCUT2D eigenvalue weighted by Crippen LogP contribution is 2.40. The Bertz CT molecular complexity index is 549. The largest absolute Gasteiger partial charge is 0.493 e. The van der Waals surface area contributed by atoms with Crippen LogP contribution in [0.4, 0.5) is 0 Å². The summed E-state index contributed by atoms with van der Waals surface area (Å²) in [6.07, 6.45) is 2.66. The Balaban J connectivity index is 1.81. The molecule has 2 aliphatic heterocycles. The van der Waals surface area contributed by atoms with Crippen LogP contribution in [0.25, 0.3) is 0 Å². The van der Waals surface area contributed by atoms with Gasteiger partial charge in [-0.05, 0) is 32.4 Å². The molecule has 2 fully saturated rings. The molecule has 0 radical (unpaired) electrons. The number of hydrogen-bond acceptors (Lipinski definition) is 5. The van der Waals surface area contributed by atoms with Crippen LogP contribution in [0.5, 0.6) is 17.2 Å². The van der Waals surface area contributed by atoms with Gasteiger partial charge in [-0.3, -0.25) is 9.80 Å². The lowest BCUT2D eigenvalue weighted by atomic mass is 10.1. The molecular formula is C18H28N2O3. The van der Waals surface area contributed by atoms with E-state index in [4.69, 9.17) is 14.2 Å². The summed E-state index contributed by atoms with van der Waals surface area (Å²) in [5.41, 5.74) is 1.16. The summed E-state index contributed by atoms with van der Waals surface area (Å²) in [5, 5.41) is 0. The number of nitrogens with zero attached hydrogens (tertiary/aromatic N) is 2. The molecule has 2 heterocycles. The predicted molar refractivity (Wildman–Crippen MR) is 90.6 cm³/mol. The summed E-state index contributed by atoms with van der Waals surface area (Å²) in [4.78, 5) is 5.21. The van der Waals surface area contributed by atoms with E-state index in [1.165, 1.54) is 25.9 Å². The van der Waals surface area contributed by atoms with Crippen molar-refractivity contribution >= 4 is 0 Å². The third kappa shape index (κ3) is 3.12. The molecule has 2 atom stereocenters. The van der Waals surface area contributed by atoms with Crippen LogP contribution in [0.15, 0.2) is 12.1 Å². The van der Waals surface area contributed by atoms with Crippen molar-refractivity contribution < 1.29 is 14.2 Å². The first-order valence-corrected chi connectivity index (χ1v) is 8.43. The van der Waals surface area contributed by atoms with E-state index in [1.807, 2.05) is 6.07 Å². The highest BCUT2D eigenvalue weighted by Gasteiger charge is 2.34. The molecule has 2 aliphatic rings. The number of benzene rings is 1. The van der Waals surface area contributed by atoms with Gasteiger partial charge >= 0.3 is 0 Å². The zero-order chi connectivity index (χ0) is 16.4. The topological polar surface area (TPSA) is 34.2 Å². The van der Waals surface area contributed by atoms with Crippen LogP contribution in [0.1, 0.15) is 25.3 Å². The van der Waals surface area contributed by atoms with Crippen molar-refractivity contribution in [3.63, 3.8) is 0 Å². The van der Waals surface area contributed by atoms with Gasteiger partial charge < -0.3 is 14.2 Å². The van der Waals surface area contributed by atoms with Crippen LogP contribution in [0.3, 0.4) is 0 Å². The van der Waals surface area contributed by atoms with E-state index in [2.05, 4.69) is 22.8 Å². The van der Waals surface area contributed by atoms with E-state index in [-0.39, 0.29) is 0 Å². The molecular weight excluding hydrogens is 292 g/mol. The third-order valence-electron chi connectivity index (χ3n) is 5.23. The van der Waals surface area contributed by atoms with Crippen molar-refractivity contribution in [1.82, 2.24) is 9.80 Å². The van der Waals surface area contributed by atoms with Gasteiger partial charge in [0.25, 0.3) is 0 Å². The molecule has 128 valence electrons. The Labute approximate surface area is 139 Å². The van der Waals surface area contributed by atoms with Crippen LogP contribution >= 0.6 is 0 Å². The van der Waals surface area contributed by atoms with Gasteiger partial charge in [0.2, 0.25) is 5.75 Å². The first kappa shape index (κ1) is 16.4. The molecule has 0 saturated carbocycles. The molecule has 1 aromatic carbocycles. The average molecular weight is 320 g/mol. The molecule has 2 saturated heterocycles. The summed E-state index contributed by atoms with van der Waals surface area (Å²) in [6.45, 7) is 6.78. The van der Waals surface area contributed by atoms with E-state index in [0.29, 0.717) is 17.5 Å². The number of methoxy groups -OCH3 is 3. The minimum absolute atomic E-state index is 0.558. The smallest absolute Gasteiger partial charge is 0.203 e. The van der Waals surface area contributed by atoms with Crippen molar-refractivity contribution in [3.05, 3.63) is 17.7 Å². The Morgan fingerprint density at radius 2 is 1.83 bits per heavy atom. The number of hydrogen-bond donors (Lipinski definition) is 0. The number of piperazine rings is 1. The molecule has 1 aromatic rings. The van der Waals surface area contributed by atoms with Gasteiger partial charge in [0.15, 0.2) is 11.5 Å². The van der Waals surface area contributed by atoms with Gasteiger partial charge in [-0.25, -0.2) is 0 Å². The molecule has 0 amide bonds. The fourth-order valence-corrected chi connectivity index (χ4v) is 3.97. The van der Waals surface area contributed by atoms with E-state index in [1.54, 1.807) is 21.3 Å². The second kappa shape index (κ2) is 6.97. The van der Waals surface area contributed by atoms with Crippen molar-refractivity contribution in [1.29, 1.82) is 0 Å². The molecule has 0 spiro atoms. The zero-order valence-corrected chi connectivity index (χ0v) is 14.7. The van der Waals surface area contributed by atoms with E-state index < -0.39 is 0 Å². The summed E-state index contributed by atoms with van der Waals surface area (Å²) < 4.78 is 16.5. The highest BCUT2D eigenvalue weighted by molar-refractivity contribution is 5.55. The van der Waals surface area contributed by atoms with Gasteiger partial charge in [-0.15, -0.1) is 0 Å². The third-order valence-corrected chi connectivity index (χ3v) is 5.23. The lowest BCUT2D eigenvalue weighted by Gasteiger charge is -2.42. The van der Waals surface area contributed by atoms with Crippen LogP contribution in [0.2, 0.25) is 0 Å². The normalized spacial score (nSPS) is 25.2. The van der Waals surface area contributed by atoms with Gasteiger partial charge in [-0.2, -0.15) is 0 Å². The Kier molecular flexibility index (Phi) is 4.97. The summed E-state index contributed by atoms with van der Waals surface area (Å²) in [5.74, 6) is 2.18. The fraction of sp³-hybridized carbons (Fsp3) is 0.667. The lowest BCUT2D eigenvalue weighted by Crippen LogP contribution is -2.54. The molecule has 0 aliphatic carbocycles. The monoisotopic (exact) mass is 320 g/mol. The molecule has 5 heteroatoms. The zero-order valence-electron chi connectivity index (χ0n) is 14.7. The molecule has 0 unspecified atom stereocenters. The quantitative estimate of drug-likeness (QED) is 0.832. The second-order valence-electron chi connectivity index (χ2n) is 6.56. The number of ether oxygens (including phenoxy) is 3. The Morgan fingerprint density at radius 1 is 1.04 bits per heavy atom. The van der Waals surface area contributed by atoms with Gasteiger partial charge in [0.05, 0.1) is 21.3 Å². The molecule has 0 bridgehead atoms. The van der Waals surface area contributed by atoms with Crippen molar-refractivity contribution in [2.24, 2.45) is 0 Å².